The molecule has 0 aromatic heterocycles. The Balaban J connectivity index is 0.000000447. The first kappa shape index (κ1) is 102. The SMILES string of the molecule is C1=CCCCCCCCCCCCCCCC1.C1=CCCCCCCCCCCCCCCC1.C1=CCCCCCCCCCCCCCCC1.C1=CCCCCCCCCCCCCCCC1.C1=CCCCCCCCCCCCCCCC1.O=C1OC(=O)OC2CCCCCCCCC/C=C\CCCCC2O1. The number of carbonyl (C=O) groups excluding carboxylic acids is 2. The molecule has 109 heavy (non-hydrogen) atoms. The highest BCUT2D eigenvalue weighted by molar-refractivity contribution is 5.77. The molecule has 5 nitrogen and oxygen atoms in total. The van der Waals surface area contributed by atoms with E-state index in [9.17, 15) is 9.59 Å². The lowest BCUT2D eigenvalue weighted by Gasteiger charge is -2.22. The molecule has 0 aromatic rings. The molecule has 0 radical (unpaired) electrons. The molecule has 0 bridgehead atoms. The Labute approximate surface area is 682 Å². The van der Waals surface area contributed by atoms with Crippen LogP contribution in [0.25, 0.3) is 0 Å². The Hall–Kier alpha value is -2.82. The minimum absolute atomic E-state index is 0.379. The number of cyclic esters (lactones) is 2. The molecule has 0 amide bonds. The van der Waals surface area contributed by atoms with E-state index in [1.807, 2.05) is 0 Å². The number of fused-ring (bicyclic) bond motifs is 1. The van der Waals surface area contributed by atoms with Crippen LogP contribution in [0, 0.1) is 0 Å². The topological polar surface area (TPSA) is 61.8 Å². The van der Waals surface area contributed by atoms with Gasteiger partial charge in [0.05, 0.1) is 0 Å². The molecule has 1 heterocycles. The molecule has 0 aromatic carbocycles. The van der Waals surface area contributed by atoms with Crippen molar-refractivity contribution in [1.29, 1.82) is 0 Å². The molecule has 0 spiro atoms. The van der Waals surface area contributed by atoms with Gasteiger partial charge in [-0.15, -0.1) is 0 Å². The highest BCUT2D eigenvalue weighted by Gasteiger charge is 2.34. The van der Waals surface area contributed by atoms with Crippen molar-refractivity contribution in [2.24, 2.45) is 0 Å². The van der Waals surface area contributed by atoms with Crippen molar-refractivity contribution in [3.05, 3.63) is 72.9 Å². The van der Waals surface area contributed by atoms with Gasteiger partial charge in [-0.2, -0.15) is 0 Å². The van der Waals surface area contributed by atoms with Crippen LogP contribution >= 0.6 is 0 Å². The second kappa shape index (κ2) is 90.7. The molecule has 1 fully saturated rings. The van der Waals surface area contributed by atoms with Crippen LogP contribution in [0.1, 0.15) is 565 Å². The monoisotopic (exact) mass is 1520 g/mol. The zero-order valence-corrected chi connectivity index (χ0v) is 73.3. The largest absolute Gasteiger partial charge is 0.518 e. The molecule has 7 aliphatic rings. The summed E-state index contributed by atoms with van der Waals surface area (Å²) in [5.74, 6) is 0. The summed E-state index contributed by atoms with van der Waals surface area (Å²) >= 11 is 0. The molecule has 1 aliphatic heterocycles. The van der Waals surface area contributed by atoms with Crippen molar-refractivity contribution < 1.29 is 23.8 Å². The maximum atomic E-state index is 11.5. The fourth-order valence-corrected chi connectivity index (χ4v) is 16.9. The summed E-state index contributed by atoms with van der Waals surface area (Å²) in [6.07, 6.45) is 148. The third-order valence-electron chi connectivity index (χ3n) is 24.3. The van der Waals surface area contributed by atoms with E-state index < -0.39 is 12.3 Å². The number of ether oxygens (including phenoxy) is 3. The van der Waals surface area contributed by atoms with Gasteiger partial charge in [0.25, 0.3) is 0 Å². The van der Waals surface area contributed by atoms with Gasteiger partial charge >= 0.3 is 12.3 Å². The standard InChI is InChI=1S/C19H30O5.5C17H32/c20-18-22-16-14-12-10-8-6-4-2-1-3-5-7-9-11-13-15-17(16)23-19(21)24-18;5*1-2-4-6-8-10-12-14-16-17-15-13-11-9-7-5-3-1/h4,6,16-17H,1-3,5,7-15H2;5*1-2H,3-17H2/b6-4-;;;;;. The van der Waals surface area contributed by atoms with Crippen molar-refractivity contribution in [1.82, 2.24) is 0 Å². The van der Waals surface area contributed by atoms with Crippen LogP contribution in [0.5, 0.6) is 0 Å². The van der Waals surface area contributed by atoms with E-state index in [2.05, 4.69) is 77.6 Å². The van der Waals surface area contributed by atoms with Crippen LogP contribution in [-0.4, -0.2) is 24.5 Å². The Morgan fingerprint density at radius 3 is 0.358 bits per heavy atom. The van der Waals surface area contributed by atoms with E-state index in [1.165, 1.54) is 520 Å². The van der Waals surface area contributed by atoms with Gasteiger partial charge in [0, 0.05) is 0 Å². The molecule has 0 saturated carbocycles. The van der Waals surface area contributed by atoms with E-state index in [4.69, 9.17) is 9.47 Å². The van der Waals surface area contributed by atoms with Gasteiger partial charge < -0.3 is 14.2 Å². The van der Waals surface area contributed by atoms with E-state index in [-0.39, 0.29) is 12.2 Å². The Kier molecular flexibility index (Phi) is 85.1. The second-order valence-corrected chi connectivity index (χ2v) is 34.9. The summed E-state index contributed by atoms with van der Waals surface area (Å²) in [6, 6.07) is 0. The van der Waals surface area contributed by atoms with Gasteiger partial charge in [0.15, 0.2) is 0 Å². The quantitative estimate of drug-likeness (QED) is 0.137. The highest BCUT2D eigenvalue weighted by atomic mass is 16.8. The molecule has 6 aliphatic carbocycles. The van der Waals surface area contributed by atoms with Crippen LogP contribution in [0.3, 0.4) is 0 Å². The predicted octanol–water partition coefficient (Wildman–Crippen LogP) is 37.7. The van der Waals surface area contributed by atoms with Gasteiger partial charge in [-0.3, -0.25) is 0 Å². The fourth-order valence-electron chi connectivity index (χ4n) is 16.9. The summed E-state index contributed by atoms with van der Waals surface area (Å²) in [6.45, 7) is 0. The zero-order valence-electron chi connectivity index (χ0n) is 73.3. The van der Waals surface area contributed by atoms with Crippen LogP contribution in [0.2, 0.25) is 0 Å². The molecule has 1 saturated heterocycles. The van der Waals surface area contributed by atoms with Gasteiger partial charge in [-0.25, -0.2) is 9.59 Å². The van der Waals surface area contributed by atoms with E-state index >= 15 is 0 Å². The average Bonchev–Trinajstić information content (AvgIpc) is 1.77. The lowest BCUT2D eigenvalue weighted by molar-refractivity contribution is 0.00302. The summed E-state index contributed by atoms with van der Waals surface area (Å²) in [7, 11) is 0. The van der Waals surface area contributed by atoms with Crippen LogP contribution in [0.4, 0.5) is 9.59 Å². The molecule has 0 N–H and O–H groups in total. The fraction of sp³-hybridized carbons (Fsp3) is 0.865. The smallest absolute Gasteiger partial charge is 0.427 e. The third-order valence-corrected chi connectivity index (χ3v) is 24.3. The number of hydrogen-bond donors (Lipinski definition) is 0. The van der Waals surface area contributed by atoms with Gasteiger partial charge in [0.2, 0.25) is 0 Å². The van der Waals surface area contributed by atoms with Crippen molar-refractivity contribution in [3.63, 3.8) is 0 Å². The maximum Gasteiger partial charge on any atom is 0.518 e. The third kappa shape index (κ3) is 83.0. The van der Waals surface area contributed by atoms with Gasteiger partial charge in [-0.05, 0) is 180 Å². The lowest BCUT2D eigenvalue weighted by atomic mass is 10.00. The van der Waals surface area contributed by atoms with E-state index in [1.54, 1.807) is 0 Å². The number of allylic oxidation sites excluding steroid dienone is 12. The van der Waals surface area contributed by atoms with Gasteiger partial charge in [0.1, 0.15) is 12.2 Å². The predicted molar refractivity (Wildman–Crippen MR) is 483 cm³/mol. The van der Waals surface area contributed by atoms with Crippen molar-refractivity contribution >= 4 is 12.3 Å². The molecule has 2 atom stereocenters. The zero-order chi connectivity index (χ0) is 77.1. The first-order valence-electron chi connectivity index (χ1n) is 50.2. The number of rotatable bonds is 0. The molecule has 7 rings (SSSR count). The van der Waals surface area contributed by atoms with Gasteiger partial charge in [-0.1, -0.05) is 458 Å². The van der Waals surface area contributed by atoms with E-state index in [0.717, 1.165) is 38.5 Å². The first-order valence-corrected chi connectivity index (χ1v) is 50.2. The Bertz CT molecular complexity index is 1650. The number of carbonyl (C=O) groups is 2. The lowest BCUT2D eigenvalue weighted by Crippen LogP contribution is -2.31. The summed E-state index contributed by atoms with van der Waals surface area (Å²) in [5.41, 5.74) is 0. The molecule has 5 heteroatoms. The van der Waals surface area contributed by atoms with E-state index in [0.29, 0.717) is 6.42 Å². The second-order valence-electron chi connectivity index (χ2n) is 34.9. The molecule has 2 unspecified atom stereocenters. The minimum atomic E-state index is -0.932. The van der Waals surface area contributed by atoms with Crippen LogP contribution in [-0.2, 0) is 14.2 Å². The maximum absolute atomic E-state index is 11.5. The summed E-state index contributed by atoms with van der Waals surface area (Å²) < 4.78 is 15.0. The van der Waals surface area contributed by atoms with Crippen LogP contribution < -0.4 is 0 Å². The van der Waals surface area contributed by atoms with Crippen LogP contribution in [0.15, 0.2) is 72.9 Å². The summed E-state index contributed by atoms with van der Waals surface area (Å²) in [4.78, 5) is 23.0. The van der Waals surface area contributed by atoms with Crippen molar-refractivity contribution in [3.8, 4) is 0 Å². The normalized spacial score (nSPS) is 24.6. The Morgan fingerprint density at radius 1 is 0.138 bits per heavy atom. The summed E-state index contributed by atoms with van der Waals surface area (Å²) in [5, 5.41) is 0. The molecule has 636 valence electrons. The number of hydrogen-bond acceptors (Lipinski definition) is 5. The molecular formula is C104H190O5. The van der Waals surface area contributed by atoms with Crippen molar-refractivity contribution in [2.75, 3.05) is 0 Å². The van der Waals surface area contributed by atoms with Crippen molar-refractivity contribution in [2.45, 2.75) is 577 Å². The Morgan fingerprint density at radius 2 is 0.229 bits per heavy atom. The highest BCUT2D eigenvalue weighted by Crippen LogP contribution is 2.26. The molecular weight excluding hydrogens is 1330 g/mol. The minimum Gasteiger partial charge on any atom is -0.427 e. The average molecular weight is 1520 g/mol. The first-order chi connectivity index (χ1) is 54.3.